The van der Waals surface area contributed by atoms with E-state index in [0.717, 1.165) is 21.8 Å². The lowest BCUT2D eigenvalue weighted by atomic mass is 9.98. The molecule has 26 heavy (non-hydrogen) atoms. The highest BCUT2D eigenvalue weighted by Gasteiger charge is 2.21. The smallest absolute Gasteiger partial charge is 0.239 e. The van der Waals surface area contributed by atoms with E-state index in [1.54, 1.807) is 12.1 Å². The summed E-state index contributed by atoms with van der Waals surface area (Å²) in [6.07, 6.45) is 4.91. The third kappa shape index (κ3) is 4.67. The number of sulfonamides is 1. The highest BCUT2D eigenvalue weighted by molar-refractivity contribution is 9.09. The second-order valence-electron chi connectivity index (χ2n) is 6.12. The maximum Gasteiger partial charge on any atom is 0.239 e. The van der Waals surface area contributed by atoms with Gasteiger partial charge in [-0.25, -0.2) is 27.1 Å². The van der Waals surface area contributed by atoms with E-state index in [-0.39, 0.29) is 17.7 Å². The van der Waals surface area contributed by atoms with Gasteiger partial charge in [0.2, 0.25) is 16.0 Å². The van der Waals surface area contributed by atoms with E-state index in [0.29, 0.717) is 16.6 Å². The van der Waals surface area contributed by atoms with Crippen molar-refractivity contribution in [3.63, 3.8) is 0 Å². The zero-order valence-corrected chi connectivity index (χ0v) is 17.5. The largest absolute Gasteiger partial charge is 0.241 e. The quantitative estimate of drug-likeness (QED) is 0.629. The normalized spacial score (nSPS) is 12.1. The second-order valence-corrected chi connectivity index (χ2v) is 8.78. The highest BCUT2D eigenvalue weighted by atomic mass is 79.9. The average Bonchev–Trinajstić information content (AvgIpc) is 2.58. The maximum absolute atomic E-state index is 13.3. The Morgan fingerprint density at radius 3 is 2.35 bits per heavy atom. The molecule has 0 saturated heterocycles. The van der Waals surface area contributed by atoms with E-state index in [9.17, 15) is 12.8 Å². The Morgan fingerprint density at radius 2 is 1.85 bits per heavy atom. The summed E-state index contributed by atoms with van der Waals surface area (Å²) in [6, 6.07) is 5.95. The predicted molar refractivity (Wildman–Crippen MR) is 108 cm³/mol. The minimum absolute atomic E-state index is 0.0406. The topological polar surface area (TPSA) is 63.2 Å². The molecule has 0 fully saturated rings. The summed E-state index contributed by atoms with van der Waals surface area (Å²) in [5.41, 5.74) is 2.76. The third-order valence-electron chi connectivity index (χ3n) is 3.78. The molecule has 0 bridgehead atoms. The summed E-state index contributed by atoms with van der Waals surface area (Å²) < 4.78 is 38.3. The fraction of sp³-hybridized carbons (Fsp3) is 0.333. The molecule has 2 rings (SSSR count). The predicted octanol–water partition coefficient (Wildman–Crippen LogP) is 4.21. The molecule has 0 spiro atoms. The van der Waals surface area contributed by atoms with Crippen LogP contribution in [0.1, 0.15) is 31.0 Å². The Bertz CT molecular complexity index is 913. The molecule has 0 amide bonds. The summed E-state index contributed by atoms with van der Waals surface area (Å²) in [5.74, 6) is -0.219. The fourth-order valence-corrected chi connectivity index (χ4v) is 2.92. The molecule has 0 radical (unpaired) electrons. The van der Waals surface area contributed by atoms with Gasteiger partial charge in [-0.1, -0.05) is 41.9 Å². The van der Waals surface area contributed by atoms with Crippen molar-refractivity contribution in [2.45, 2.75) is 19.8 Å². The first kappa shape index (κ1) is 20.5. The summed E-state index contributed by atoms with van der Waals surface area (Å²) in [5, 5.41) is 0.651. The maximum atomic E-state index is 13.3. The van der Waals surface area contributed by atoms with Gasteiger partial charge in [-0.15, -0.1) is 0 Å². The number of anilines is 1. The van der Waals surface area contributed by atoms with Crippen molar-refractivity contribution >= 4 is 38.0 Å². The van der Waals surface area contributed by atoms with Crippen LogP contribution in [0.2, 0.25) is 0 Å². The number of aromatic nitrogens is 2. The molecular weight excluding hydrogens is 421 g/mol. The van der Waals surface area contributed by atoms with Gasteiger partial charge in [0, 0.05) is 23.5 Å². The van der Waals surface area contributed by atoms with Gasteiger partial charge in [0.15, 0.2) is 0 Å². The minimum atomic E-state index is -3.51. The first-order valence-electron chi connectivity index (χ1n) is 7.99. The summed E-state index contributed by atoms with van der Waals surface area (Å²) in [4.78, 5) is 8.97. The van der Waals surface area contributed by atoms with Crippen molar-refractivity contribution in [2.24, 2.45) is 0 Å². The van der Waals surface area contributed by atoms with Crippen LogP contribution in [0.4, 0.5) is 10.3 Å². The van der Waals surface area contributed by atoms with E-state index in [1.807, 2.05) is 26.0 Å². The molecule has 1 heterocycles. The standard InChI is InChI=1S/C18H21BrFN3O2S/c1-12(2)16-15(6-5-11-19)17(13-7-9-14(20)10-8-13)22-18(21-16)23(3)26(4,24)25/h5-10,12H,11H2,1-4H3. The monoisotopic (exact) mass is 441 g/mol. The first-order valence-corrected chi connectivity index (χ1v) is 11.0. The number of alkyl halides is 1. The van der Waals surface area contributed by atoms with Crippen molar-refractivity contribution in [3.05, 3.63) is 47.4 Å². The molecule has 2 aromatic rings. The van der Waals surface area contributed by atoms with Gasteiger partial charge in [-0.3, -0.25) is 0 Å². The molecule has 0 atom stereocenters. The van der Waals surface area contributed by atoms with Crippen LogP contribution in [0.3, 0.4) is 0 Å². The molecule has 1 aromatic heterocycles. The molecule has 0 unspecified atom stereocenters. The molecule has 0 saturated carbocycles. The zero-order valence-electron chi connectivity index (χ0n) is 15.1. The third-order valence-corrected chi connectivity index (χ3v) is 5.31. The van der Waals surface area contributed by atoms with Crippen LogP contribution < -0.4 is 4.31 Å². The second kappa shape index (κ2) is 8.26. The number of rotatable bonds is 6. The Morgan fingerprint density at radius 1 is 1.23 bits per heavy atom. The molecule has 0 N–H and O–H groups in total. The van der Waals surface area contributed by atoms with Gasteiger partial charge in [-0.05, 0) is 30.2 Å². The molecule has 0 aliphatic heterocycles. The molecule has 0 aliphatic rings. The lowest BCUT2D eigenvalue weighted by Gasteiger charge is -2.20. The van der Waals surface area contributed by atoms with Crippen molar-refractivity contribution < 1.29 is 12.8 Å². The van der Waals surface area contributed by atoms with Crippen LogP contribution >= 0.6 is 15.9 Å². The summed E-state index contributed by atoms with van der Waals surface area (Å²) in [6.45, 7) is 3.96. The van der Waals surface area contributed by atoms with Crippen LogP contribution in [0.15, 0.2) is 30.3 Å². The van der Waals surface area contributed by atoms with Gasteiger partial charge >= 0.3 is 0 Å². The Hall–Kier alpha value is -1.80. The van der Waals surface area contributed by atoms with Crippen molar-refractivity contribution in [1.82, 2.24) is 9.97 Å². The van der Waals surface area contributed by atoms with E-state index in [4.69, 9.17) is 0 Å². The summed E-state index contributed by atoms with van der Waals surface area (Å²) in [7, 11) is -2.10. The zero-order chi connectivity index (χ0) is 19.5. The number of hydrogen-bond acceptors (Lipinski definition) is 4. The van der Waals surface area contributed by atoms with E-state index in [2.05, 4.69) is 25.9 Å². The number of halogens is 2. The van der Waals surface area contributed by atoms with Gasteiger partial charge in [0.1, 0.15) is 5.82 Å². The van der Waals surface area contributed by atoms with Crippen LogP contribution in [0.25, 0.3) is 17.3 Å². The van der Waals surface area contributed by atoms with Gasteiger partial charge in [0.25, 0.3) is 0 Å². The number of nitrogens with zero attached hydrogens (tertiary/aromatic N) is 3. The first-order chi connectivity index (χ1) is 12.1. The molecule has 0 aliphatic carbocycles. The van der Waals surface area contributed by atoms with E-state index >= 15 is 0 Å². The lowest BCUT2D eigenvalue weighted by Crippen LogP contribution is -2.27. The molecular formula is C18H21BrFN3O2S. The van der Waals surface area contributed by atoms with Crippen LogP contribution in [-0.2, 0) is 10.0 Å². The molecule has 1 aromatic carbocycles. The number of hydrogen-bond donors (Lipinski definition) is 0. The van der Waals surface area contributed by atoms with Crippen LogP contribution in [-0.4, -0.2) is 37.0 Å². The van der Waals surface area contributed by atoms with Crippen molar-refractivity contribution in [2.75, 3.05) is 22.9 Å². The van der Waals surface area contributed by atoms with E-state index < -0.39 is 10.0 Å². The Labute approximate surface area is 162 Å². The molecule has 140 valence electrons. The number of allylic oxidation sites excluding steroid dienone is 1. The van der Waals surface area contributed by atoms with E-state index in [1.165, 1.54) is 19.2 Å². The number of benzene rings is 1. The average molecular weight is 442 g/mol. The van der Waals surface area contributed by atoms with Crippen molar-refractivity contribution in [3.8, 4) is 11.3 Å². The Kier molecular flexibility index (Phi) is 6.52. The highest BCUT2D eigenvalue weighted by Crippen LogP contribution is 2.31. The molecule has 8 heteroatoms. The fourth-order valence-electron chi connectivity index (χ4n) is 2.36. The van der Waals surface area contributed by atoms with Crippen LogP contribution in [0.5, 0.6) is 0 Å². The van der Waals surface area contributed by atoms with Gasteiger partial charge in [0.05, 0.1) is 17.6 Å². The van der Waals surface area contributed by atoms with Crippen LogP contribution in [0, 0.1) is 5.82 Å². The van der Waals surface area contributed by atoms with Gasteiger partial charge in [-0.2, -0.15) is 0 Å². The lowest BCUT2D eigenvalue weighted by molar-refractivity contribution is 0.599. The van der Waals surface area contributed by atoms with Gasteiger partial charge < -0.3 is 0 Å². The minimum Gasteiger partial charge on any atom is -0.241 e. The SMILES string of the molecule is CC(C)c1nc(N(C)S(C)(=O)=O)nc(-c2ccc(F)cc2)c1C=CCBr. The molecule has 5 nitrogen and oxygen atoms in total. The summed E-state index contributed by atoms with van der Waals surface area (Å²) >= 11 is 3.36. The Balaban J connectivity index is 2.81. The van der Waals surface area contributed by atoms with Crippen molar-refractivity contribution in [1.29, 1.82) is 0 Å².